The molecule has 4 aromatic rings. The van der Waals surface area contributed by atoms with Crippen molar-refractivity contribution in [3.8, 4) is 22.9 Å². The second kappa shape index (κ2) is 11.3. The molecule has 0 unspecified atom stereocenters. The van der Waals surface area contributed by atoms with Crippen LogP contribution in [0.5, 0.6) is 11.8 Å². The van der Waals surface area contributed by atoms with E-state index in [1.807, 2.05) is 24.1 Å². The Morgan fingerprint density at radius 3 is 2.81 bits per heavy atom. The van der Waals surface area contributed by atoms with Gasteiger partial charge in [-0.3, -0.25) is 9.89 Å². The first kappa shape index (κ1) is 27.9. The second-order valence-electron chi connectivity index (χ2n) is 11.7. The fourth-order valence-corrected chi connectivity index (χ4v) is 6.96. The van der Waals surface area contributed by atoms with E-state index in [0.29, 0.717) is 56.5 Å². The maximum atomic E-state index is 12.3. The highest BCUT2D eigenvalue weighted by Crippen LogP contribution is 2.47. The zero-order valence-electron chi connectivity index (χ0n) is 24.7. The molecule has 2 aromatic carbocycles. The summed E-state index contributed by atoms with van der Waals surface area (Å²) in [6.07, 6.45) is 7.21. The minimum absolute atomic E-state index is 0.0529. The van der Waals surface area contributed by atoms with E-state index in [1.54, 1.807) is 0 Å². The summed E-state index contributed by atoms with van der Waals surface area (Å²) in [6.45, 7) is 10.3. The number of hydrogen-bond donors (Lipinski definition) is 1. The first-order valence-electron chi connectivity index (χ1n) is 15.0. The Balaban J connectivity index is 1.40. The number of nitrogens with zero attached hydrogens (tertiary/aromatic N) is 6. The third-order valence-corrected chi connectivity index (χ3v) is 9.59. The maximum Gasteiger partial charge on any atom is 0.319 e. The fraction of sp³-hybridized carbons (Fsp3) is 0.438. The lowest BCUT2D eigenvalue weighted by Gasteiger charge is -2.36. The monoisotopic (exact) mass is 601 g/mol. The van der Waals surface area contributed by atoms with Crippen LogP contribution in [0.25, 0.3) is 32.9 Å². The number of carbonyl (C=O) groups excluding carboxylic acids is 1. The summed E-state index contributed by atoms with van der Waals surface area (Å²) in [5.41, 5.74) is 5.67. The standard InChI is InChI=1S/C32H36ClN7O3/c1-4-26(41)39-10-12-40(13-11-39)31-28-25(35-32(36-31)43-18-20-7-5-9-38(20)3)16-22(21-8-6-14-42-30(21)28)27-23-17-34-37-24(23)15-19(2)29(27)33/h4,15-17,20H,1,5-14,18H2,2-3H3,(H,34,37)/t20-/m0/s1. The SMILES string of the molecule is C=CC(=O)N1CCN(c2nc(OC[C@@H]3CCCN3C)nc3cc(-c4c(Cl)c(C)cc5[nH]ncc45)c4c(c23)OCCC4)CC1. The van der Waals surface area contributed by atoms with Gasteiger partial charge < -0.3 is 24.2 Å². The molecule has 1 amide bonds. The number of rotatable bonds is 6. The molecule has 7 rings (SSSR count). The van der Waals surface area contributed by atoms with Crippen molar-refractivity contribution in [2.24, 2.45) is 0 Å². The van der Waals surface area contributed by atoms with E-state index in [1.165, 1.54) is 6.08 Å². The summed E-state index contributed by atoms with van der Waals surface area (Å²) in [6, 6.07) is 4.82. The minimum Gasteiger partial charge on any atom is -0.492 e. The summed E-state index contributed by atoms with van der Waals surface area (Å²) >= 11 is 7.04. The number of hydrogen-bond acceptors (Lipinski definition) is 8. The lowest BCUT2D eigenvalue weighted by molar-refractivity contribution is -0.126. The Kier molecular flexibility index (Phi) is 7.34. The van der Waals surface area contributed by atoms with Gasteiger partial charge in [0.25, 0.3) is 0 Å². The highest BCUT2D eigenvalue weighted by molar-refractivity contribution is 6.36. The zero-order valence-corrected chi connectivity index (χ0v) is 25.4. The van der Waals surface area contributed by atoms with Crippen molar-refractivity contribution in [2.75, 3.05) is 57.9 Å². The number of aromatic amines is 1. The number of fused-ring (bicyclic) bond motifs is 4. The Bertz CT molecular complexity index is 1730. The summed E-state index contributed by atoms with van der Waals surface area (Å²) in [7, 11) is 2.13. The van der Waals surface area contributed by atoms with Crippen molar-refractivity contribution in [3.05, 3.63) is 47.1 Å². The molecule has 2 saturated heterocycles. The van der Waals surface area contributed by atoms with Crippen LogP contribution in [-0.2, 0) is 11.2 Å². The molecule has 0 aliphatic carbocycles. The molecule has 1 atom stereocenters. The van der Waals surface area contributed by atoms with E-state index in [9.17, 15) is 4.79 Å². The van der Waals surface area contributed by atoms with E-state index in [-0.39, 0.29) is 5.91 Å². The number of aryl methyl sites for hydroxylation is 1. The van der Waals surface area contributed by atoms with Crippen LogP contribution in [0, 0.1) is 6.92 Å². The fourth-order valence-electron chi connectivity index (χ4n) is 6.70. The van der Waals surface area contributed by atoms with Gasteiger partial charge in [0.05, 0.1) is 34.2 Å². The minimum atomic E-state index is -0.0529. The molecular formula is C32H36ClN7O3. The first-order valence-corrected chi connectivity index (χ1v) is 15.4. The average molecular weight is 602 g/mol. The number of H-pyrrole nitrogens is 1. The molecule has 0 bridgehead atoms. The number of benzene rings is 2. The highest BCUT2D eigenvalue weighted by Gasteiger charge is 2.30. The summed E-state index contributed by atoms with van der Waals surface area (Å²) in [5.74, 6) is 1.52. The number of ether oxygens (including phenoxy) is 2. The molecule has 3 aliphatic heterocycles. The molecule has 10 nitrogen and oxygen atoms in total. The second-order valence-corrected chi connectivity index (χ2v) is 12.1. The Hall–Kier alpha value is -3.89. The molecule has 3 aliphatic rings. The van der Waals surface area contributed by atoms with Crippen LogP contribution in [0.15, 0.2) is 31.0 Å². The molecule has 2 fully saturated rings. The van der Waals surface area contributed by atoms with E-state index in [2.05, 4.69) is 39.7 Å². The van der Waals surface area contributed by atoms with E-state index >= 15 is 0 Å². The van der Waals surface area contributed by atoms with Gasteiger partial charge in [-0.05, 0) is 75.5 Å². The number of nitrogens with one attached hydrogen (secondary N) is 1. The van der Waals surface area contributed by atoms with Crippen LogP contribution >= 0.6 is 11.6 Å². The highest BCUT2D eigenvalue weighted by atomic mass is 35.5. The van der Waals surface area contributed by atoms with Crippen molar-refractivity contribution in [3.63, 3.8) is 0 Å². The molecule has 0 spiro atoms. The number of halogens is 1. The Morgan fingerprint density at radius 2 is 2.05 bits per heavy atom. The topological polar surface area (TPSA) is 99.7 Å². The predicted molar refractivity (Wildman–Crippen MR) is 168 cm³/mol. The normalized spacial score (nSPS) is 19.1. The molecule has 0 saturated carbocycles. The molecule has 224 valence electrons. The largest absolute Gasteiger partial charge is 0.492 e. The number of likely N-dealkylation sites (N-methyl/N-ethyl adjacent to an activating group) is 1. The quantitative estimate of drug-likeness (QED) is 0.316. The van der Waals surface area contributed by atoms with E-state index in [0.717, 1.165) is 87.9 Å². The van der Waals surface area contributed by atoms with Crippen molar-refractivity contribution in [1.29, 1.82) is 0 Å². The van der Waals surface area contributed by atoms with Gasteiger partial charge in [-0.1, -0.05) is 18.2 Å². The summed E-state index contributed by atoms with van der Waals surface area (Å²) in [4.78, 5) is 28.7. The smallest absolute Gasteiger partial charge is 0.319 e. The number of aromatic nitrogens is 4. The van der Waals surface area contributed by atoms with Crippen LogP contribution in [-0.4, -0.2) is 94.9 Å². The van der Waals surface area contributed by atoms with Gasteiger partial charge in [0.1, 0.15) is 18.2 Å². The number of carbonyl (C=O) groups is 1. The third kappa shape index (κ3) is 4.96. The van der Waals surface area contributed by atoms with Gasteiger partial charge in [0.2, 0.25) is 5.91 Å². The molecule has 0 radical (unpaired) electrons. The first-order chi connectivity index (χ1) is 20.9. The van der Waals surface area contributed by atoms with Crippen LogP contribution in [0.4, 0.5) is 5.82 Å². The predicted octanol–water partition coefficient (Wildman–Crippen LogP) is 4.77. The number of anilines is 1. The molecule has 1 N–H and O–H groups in total. The molecule has 11 heteroatoms. The number of likely N-dealkylation sites (tertiary alicyclic amines) is 1. The molecule has 2 aromatic heterocycles. The maximum absolute atomic E-state index is 12.3. The van der Waals surface area contributed by atoms with Crippen LogP contribution in [0.3, 0.4) is 0 Å². The van der Waals surface area contributed by atoms with Crippen molar-refractivity contribution in [2.45, 2.75) is 38.6 Å². The Morgan fingerprint density at radius 1 is 1.21 bits per heavy atom. The lowest BCUT2D eigenvalue weighted by Crippen LogP contribution is -2.48. The van der Waals surface area contributed by atoms with Gasteiger partial charge in [-0.15, -0.1) is 0 Å². The van der Waals surface area contributed by atoms with Crippen LogP contribution < -0.4 is 14.4 Å². The van der Waals surface area contributed by atoms with Gasteiger partial charge in [0.15, 0.2) is 0 Å². The van der Waals surface area contributed by atoms with Crippen LogP contribution in [0.2, 0.25) is 5.02 Å². The van der Waals surface area contributed by atoms with Gasteiger partial charge in [-0.2, -0.15) is 15.1 Å². The lowest BCUT2D eigenvalue weighted by atomic mass is 9.90. The van der Waals surface area contributed by atoms with E-state index < -0.39 is 0 Å². The van der Waals surface area contributed by atoms with Gasteiger partial charge in [-0.25, -0.2) is 0 Å². The van der Waals surface area contributed by atoms with Crippen molar-refractivity contribution >= 4 is 45.1 Å². The zero-order chi connectivity index (χ0) is 29.7. The molecular weight excluding hydrogens is 566 g/mol. The van der Waals surface area contributed by atoms with E-state index in [4.69, 9.17) is 31.0 Å². The van der Waals surface area contributed by atoms with Gasteiger partial charge in [0, 0.05) is 48.7 Å². The van der Waals surface area contributed by atoms with Crippen LogP contribution in [0.1, 0.15) is 30.4 Å². The number of amides is 1. The molecule has 43 heavy (non-hydrogen) atoms. The van der Waals surface area contributed by atoms with Gasteiger partial charge >= 0.3 is 6.01 Å². The number of piperazine rings is 1. The van der Waals surface area contributed by atoms with Crippen molar-refractivity contribution in [1.82, 2.24) is 30.0 Å². The molecule has 5 heterocycles. The summed E-state index contributed by atoms with van der Waals surface area (Å²) < 4.78 is 12.8. The average Bonchev–Trinajstić information content (AvgIpc) is 3.67. The third-order valence-electron chi connectivity index (χ3n) is 9.10. The summed E-state index contributed by atoms with van der Waals surface area (Å²) in [5, 5.41) is 9.96. The van der Waals surface area contributed by atoms with Crippen molar-refractivity contribution < 1.29 is 14.3 Å². The Labute approximate surface area is 255 Å².